The van der Waals surface area contributed by atoms with Gasteiger partial charge in [0.1, 0.15) is 28.0 Å². The molecule has 0 saturated carbocycles. The fourth-order valence-electron chi connectivity index (χ4n) is 2.64. The van der Waals surface area contributed by atoms with Crippen LogP contribution in [0.3, 0.4) is 0 Å². The summed E-state index contributed by atoms with van der Waals surface area (Å²) in [6.45, 7) is 4.06. The summed E-state index contributed by atoms with van der Waals surface area (Å²) in [5.41, 5.74) is 2.94. The highest BCUT2D eigenvalue weighted by Gasteiger charge is 2.23. The quantitative estimate of drug-likeness (QED) is 0.376. The number of fused-ring (bicyclic) bond motifs is 1. The maximum Gasteiger partial charge on any atom is 0.136 e. The van der Waals surface area contributed by atoms with E-state index in [1.807, 2.05) is 24.5 Å². The van der Waals surface area contributed by atoms with Gasteiger partial charge in [-0.2, -0.15) is 0 Å². The second-order valence-corrected chi connectivity index (χ2v) is 7.65. The first-order chi connectivity index (χ1) is 12.3. The van der Waals surface area contributed by atoms with Gasteiger partial charge in [-0.05, 0) is 31.4 Å². The number of rotatable bonds is 5. The highest BCUT2D eigenvalue weighted by Crippen LogP contribution is 2.37. The number of thiazole rings is 2. The first-order valence-electron chi connectivity index (χ1n) is 8.01. The van der Waals surface area contributed by atoms with Crippen LogP contribution in [-0.2, 0) is 11.3 Å². The van der Waals surface area contributed by atoms with E-state index in [1.165, 1.54) is 4.88 Å². The molecule has 3 aromatic rings. The third kappa shape index (κ3) is 3.38. The zero-order valence-corrected chi connectivity index (χ0v) is 15.1. The third-order valence-corrected chi connectivity index (χ3v) is 6.11. The third-order valence-electron chi connectivity index (χ3n) is 3.78. The standard InChI is InChI=1S/C18H16N4OS2/c1-2-9-23-22-13-6-3-7-14-16(13)21-18(24-14)15-11-20-17(25-15)12-5-4-8-19-10-12/h2,4-5,8,10-11H,1,3,6-7,9H2. The molecule has 0 unspecified atom stereocenters. The van der Waals surface area contributed by atoms with Crippen LogP contribution in [0.2, 0.25) is 0 Å². The van der Waals surface area contributed by atoms with Crippen LogP contribution in [0.5, 0.6) is 0 Å². The lowest BCUT2D eigenvalue weighted by Gasteiger charge is -2.11. The zero-order chi connectivity index (χ0) is 17.1. The van der Waals surface area contributed by atoms with E-state index >= 15 is 0 Å². The van der Waals surface area contributed by atoms with E-state index in [1.54, 1.807) is 34.9 Å². The molecule has 1 aliphatic carbocycles. The van der Waals surface area contributed by atoms with Crippen LogP contribution in [0.25, 0.3) is 20.5 Å². The smallest absolute Gasteiger partial charge is 0.136 e. The number of hydrogen-bond donors (Lipinski definition) is 0. The molecule has 25 heavy (non-hydrogen) atoms. The SMILES string of the molecule is C=CCON=C1CCCc2sc(-c3cnc(-c4cccnc4)s3)nc21. The van der Waals surface area contributed by atoms with Crippen LogP contribution in [0.15, 0.2) is 48.5 Å². The van der Waals surface area contributed by atoms with Gasteiger partial charge in [-0.25, -0.2) is 9.97 Å². The van der Waals surface area contributed by atoms with Crippen LogP contribution in [0.4, 0.5) is 0 Å². The normalized spacial score (nSPS) is 15.1. The van der Waals surface area contributed by atoms with E-state index in [9.17, 15) is 0 Å². The number of nitrogens with zero attached hydrogens (tertiary/aromatic N) is 4. The highest BCUT2D eigenvalue weighted by molar-refractivity contribution is 7.23. The molecule has 4 rings (SSSR count). The average Bonchev–Trinajstić information content (AvgIpc) is 3.30. The molecule has 0 spiro atoms. The second-order valence-electron chi connectivity index (χ2n) is 5.54. The fourth-order valence-corrected chi connectivity index (χ4v) is 4.71. The van der Waals surface area contributed by atoms with Gasteiger partial charge in [0.15, 0.2) is 0 Å². The molecule has 0 atom stereocenters. The van der Waals surface area contributed by atoms with Crippen molar-refractivity contribution in [3.8, 4) is 20.5 Å². The summed E-state index contributed by atoms with van der Waals surface area (Å²) < 4.78 is 0. The summed E-state index contributed by atoms with van der Waals surface area (Å²) in [5.74, 6) is 0. The molecule has 1 aliphatic rings. The Balaban J connectivity index is 1.64. The molecule has 3 heterocycles. The summed E-state index contributed by atoms with van der Waals surface area (Å²) in [6.07, 6.45) is 10.2. The zero-order valence-electron chi connectivity index (χ0n) is 13.5. The molecule has 5 nitrogen and oxygen atoms in total. The number of aromatic nitrogens is 3. The molecular formula is C18H16N4OS2. The summed E-state index contributed by atoms with van der Waals surface area (Å²) in [6, 6.07) is 3.94. The Morgan fingerprint density at radius 1 is 1.24 bits per heavy atom. The van der Waals surface area contributed by atoms with Crippen molar-refractivity contribution in [2.24, 2.45) is 5.16 Å². The summed E-state index contributed by atoms with van der Waals surface area (Å²) in [4.78, 5) is 21.1. The van der Waals surface area contributed by atoms with Gasteiger partial charge in [-0.3, -0.25) is 4.98 Å². The first-order valence-corrected chi connectivity index (χ1v) is 9.65. The number of pyridine rings is 1. The largest absolute Gasteiger partial charge is 0.391 e. The van der Waals surface area contributed by atoms with E-state index < -0.39 is 0 Å². The number of oxime groups is 1. The lowest BCUT2D eigenvalue weighted by molar-refractivity contribution is 0.174. The van der Waals surface area contributed by atoms with Gasteiger partial charge in [-0.15, -0.1) is 22.7 Å². The van der Waals surface area contributed by atoms with E-state index in [4.69, 9.17) is 9.82 Å². The first kappa shape index (κ1) is 16.1. The van der Waals surface area contributed by atoms with Gasteiger partial charge in [-0.1, -0.05) is 17.8 Å². The van der Waals surface area contributed by atoms with Crippen molar-refractivity contribution >= 4 is 28.4 Å². The van der Waals surface area contributed by atoms with E-state index in [0.717, 1.165) is 51.1 Å². The van der Waals surface area contributed by atoms with Gasteiger partial charge in [0.2, 0.25) is 0 Å². The van der Waals surface area contributed by atoms with Crippen molar-refractivity contribution in [3.63, 3.8) is 0 Å². The van der Waals surface area contributed by atoms with Crippen LogP contribution in [-0.4, -0.2) is 27.3 Å². The van der Waals surface area contributed by atoms with Crippen LogP contribution >= 0.6 is 22.7 Å². The predicted molar refractivity (Wildman–Crippen MR) is 102 cm³/mol. The molecule has 0 aromatic carbocycles. The molecule has 0 saturated heterocycles. The maximum absolute atomic E-state index is 5.27. The van der Waals surface area contributed by atoms with Gasteiger partial charge in [0.25, 0.3) is 0 Å². The predicted octanol–water partition coefficient (Wildman–Crippen LogP) is 4.57. The molecule has 0 radical (unpaired) electrons. The minimum absolute atomic E-state index is 0.416. The topological polar surface area (TPSA) is 60.3 Å². The van der Waals surface area contributed by atoms with Crippen LogP contribution in [0, 0.1) is 0 Å². The van der Waals surface area contributed by atoms with Gasteiger partial charge in [0.05, 0.1) is 4.88 Å². The molecule has 0 bridgehead atoms. The van der Waals surface area contributed by atoms with E-state index in [0.29, 0.717) is 6.61 Å². The highest BCUT2D eigenvalue weighted by atomic mass is 32.1. The van der Waals surface area contributed by atoms with Crippen molar-refractivity contribution in [2.75, 3.05) is 6.61 Å². The Morgan fingerprint density at radius 3 is 3.04 bits per heavy atom. The van der Waals surface area contributed by atoms with Crippen LogP contribution < -0.4 is 0 Å². The lowest BCUT2D eigenvalue weighted by atomic mass is 10.0. The van der Waals surface area contributed by atoms with Crippen molar-refractivity contribution in [3.05, 3.63) is 53.9 Å². The van der Waals surface area contributed by atoms with Gasteiger partial charge < -0.3 is 4.84 Å². The van der Waals surface area contributed by atoms with Gasteiger partial charge >= 0.3 is 0 Å². The summed E-state index contributed by atoms with van der Waals surface area (Å²) in [7, 11) is 0. The molecule has 3 aromatic heterocycles. The second kappa shape index (κ2) is 7.25. The van der Waals surface area contributed by atoms with E-state index in [2.05, 4.69) is 21.7 Å². The summed E-state index contributed by atoms with van der Waals surface area (Å²) in [5, 5.41) is 6.20. The molecule has 126 valence electrons. The summed E-state index contributed by atoms with van der Waals surface area (Å²) >= 11 is 3.36. The van der Waals surface area contributed by atoms with Crippen molar-refractivity contribution in [1.82, 2.24) is 15.0 Å². The Hall–Kier alpha value is -2.38. The van der Waals surface area contributed by atoms with Crippen molar-refractivity contribution in [1.29, 1.82) is 0 Å². The Kier molecular flexibility index (Phi) is 4.67. The molecule has 7 heteroatoms. The molecular weight excluding hydrogens is 352 g/mol. The lowest BCUT2D eigenvalue weighted by Crippen LogP contribution is -2.11. The average molecular weight is 368 g/mol. The van der Waals surface area contributed by atoms with Crippen molar-refractivity contribution < 1.29 is 4.84 Å². The van der Waals surface area contributed by atoms with Crippen LogP contribution in [0.1, 0.15) is 23.4 Å². The molecule has 0 aliphatic heterocycles. The van der Waals surface area contributed by atoms with Gasteiger partial charge in [0, 0.05) is 29.0 Å². The molecule has 0 N–H and O–H groups in total. The minimum Gasteiger partial charge on any atom is -0.391 e. The molecule has 0 fully saturated rings. The Morgan fingerprint density at radius 2 is 2.20 bits per heavy atom. The number of hydrogen-bond acceptors (Lipinski definition) is 7. The fraction of sp³-hybridized carbons (Fsp3) is 0.222. The monoisotopic (exact) mass is 368 g/mol. The number of aryl methyl sites for hydroxylation is 1. The maximum atomic E-state index is 5.27. The minimum atomic E-state index is 0.416. The molecule has 0 amide bonds. The Bertz CT molecular complexity index is 914. The Labute approximate surface area is 153 Å². The van der Waals surface area contributed by atoms with Crippen molar-refractivity contribution in [2.45, 2.75) is 19.3 Å². The van der Waals surface area contributed by atoms with E-state index in [-0.39, 0.29) is 0 Å².